The first-order valence-electron chi connectivity index (χ1n) is 10.3. The van der Waals surface area contributed by atoms with Crippen molar-refractivity contribution in [1.29, 1.82) is 0 Å². The van der Waals surface area contributed by atoms with Gasteiger partial charge in [-0.05, 0) is 42.2 Å². The molecule has 0 fully saturated rings. The molecule has 28 heavy (non-hydrogen) atoms. The minimum atomic E-state index is 0.373. The summed E-state index contributed by atoms with van der Waals surface area (Å²) in [6.07, 6.45) is 1.01. The molecule has 0 aliphatic heterocycles. The molecule has 2 N–H and O–H groups in total. The number of hydrogen-bond acceptors (Lipinski definition) is 2. The van der Waals surface area contributed by atoms with E-state index in [1.54, 1.807) is 0 Å². The predicted molar refractivity (Wildman–Crippen MR) is 121 cm³/mol. The van der Waals surface area contributed by atoms with Gasteiger partial charge < -0.3 is 10.6 Å². The molecular weight excluding hydrogens is 340 g/mol. The van der Waals surface area contributed by atoms with Crippen molar-refractivity contribution < 1.29 is 0 Å². The van der Waals surface area contributed by atoms with Crippen molar-refractivity contribution in [3.63, 3.8) is 0 Å². The average Bonchev–Trinajstić information content (AvgIpc) is 2.70. The van der Waals surface area contributed by atoms with Gasteiger partial charge in [0.2, 0.25) is 0 Å². The van der Waals surface area contributed by atoms with Crippen LogP contribution in [-0.4, -0.2) is 18.6 Å². The summed E-state index contributed by atoms with van der Waals surface area (Å²) in [5, 5.41) is 7.18. The first-order chi connectivity index (χ1) is 13.6. The number of nitrogens with one attached hydrogen (secondary N) is 2. The van der Waals surface area contributed by atoms with Gasteiger partial charge in [0, 0.05) is 30.2 Å². The van der Waals surface area contributed by atoms with Gasteiger partial charge in [0.05, 0.1) is 0 Å². The van der Waals surface area contributed by atoms with Crippen LogP contribution in [0.1, 0.15) is 43.4 Å². The molecule has 2 unspecified atom stereocenters. The van der Waals surface area contributed by atoms with Crippen LogP contribution in [-0.2, 0) is 6.42 Å². The van der Waals surface area contributed by atoms with Crippen molar-refractivity contribution in [2.24, 2.45) is 0 Å². The smallest absolute Gasteiger partial charge is 0.0342 e. The van der Waals surface area contributed by atoms with Crippen LogP contribution in [0.2, 0.25) is 0 Å². The average molecular weight is 373 g/mol. The molecule has 0 bridgehead atoms. The van der Waals surface area contributed by atoms with E-state index in [0.717, 1.165) is 13.0 Å². The van der Waals surface area contributed by atoms with Gasteiger partial charge in [-0.3, -0.25) is 0 Å². The van der Waals surface area contributed by atoms with Gasteiger partial charge in [0.25, 0.3) is 0 Å². The summed E-state index contributed by atoms with van der Waals surface area (Å²) in [6.45, 7) is 7.59. The second-order valence-corrected chi connectivity index (χ2v) is 7.88. The summed E-state index contributed by atoms with van der Waals surface area (Å²) in [5.74, 6) is 0.373. The van der Waals surface area contributed by atoms with Crippen molar-refractivity contribution in [1.82, 2.24) is 5.32 Å². The lowest BCUT2D eigenvalue weighted by molar-refractivity contribution is 0.561. The number of hydrogen-bond donors (Lipinski definition) is 2. The molecule has 0 saturated heterocycles. The maximum Gasteiger partial charge on any atom is 0.0342 e. The van der Waals surface area contributed by atoms with E-state index in [4.69, 9.17) is 0 Å². The number of rotatable bonds is 9. The Morgan fingerprint density at radius 3 is 1.86 bits per heavy atom. The summed E-state index contributed by atoms with van der Waals surface area (Å²) >= 11 is 0. The van der Waals surface area contributed by atoms with E-state index in [1.165, 1.54) is 22.4 Å². The van der Waals surface area contributed by atoms with Gasteiger partial charge >= 0.3 is 0 Å². The Labute approximate surface area is 170 Å². The first-order valence-corrected chi connectivity index (χ1v) is 10.3. The third-order valence-electron chi connectivity index (χ3n) is 5.04. The van der Waals surface area contributed by atoms with Crippen LogP contribution in [0, 0.1) is 0 Å². The Morgan fingerprint density at radius 2 is 1.25 bits per heavy atom. The highest BCUT2D eigenvalue weighted by Crippen LogP contribution is 2.25. The molecule has 0 amide bonds. The van der Waals surface area contributed by atoms with Crippen molar-refractivity contribution in [2.75, 3.05) is 11.9 Å². The summed E-state index contributed by atoms with van der Waals surface area (Å²) in [7, 11) is 0. The Hall–Kier alpha value is -2.58. The highest BCUT2D eigenvalue weighted by Gasteiger charge is 2.14. The topological polar surface area (TPSA) is 24.1 Å². The molecule has 0 spiro atoms. The molecule has 0 radical (unpaired) electrons. The van der Waals surface area contributed by atoms with E-state index in [0.29, 0.717) is 18.0 Å². The fraction of sp³-hybridized carbons (Fsp3) is 0.308. The SMILES string of the molecule is CC(C)NCC(c1ccccc1)c1ccc(CC(C)Nc2ccccc2)cc1. The molecule has 0 aromatic heterocycles. The molecule has 3 aromatic carbocycles. The lowest BCUT2D eigenvalue weighted by atomic mass is 9.90. The maximum atomic E-state index is 3.61. The van der Waals surface area contributed by atoms with E-state index in [1.807, 2.05) is 6.07 Å². The third-order valence-corrected chi connectivity index (χ3v) is 5.04. The van der Waals surface area contributed by atoms with Gasteiger partial charge in [-0.25, -0.2) is 0 Å². The molecule has 146 valence electrons. The summed E-state index contributed by atoms with van der Waals surface area (Å²) in [5.41, 5.74) is 5.27. The van der Waals surface area contributed by atoms with E-state index in [-0.39, 0.29) is 0 Å². The fourth-order valence-electron chi connectivity index (χ4n) is 3.58. The minimum Gasteiger partial charge on any atom is -0.382 e. The lowest BCUT2D eigenvalue weighted by Crippen LogP contribution is -2.28. The molecule has 0 aliphatic carbocycles. The van der Waals surface area contributed by atoms with Crippen LogP contribution in [0.4, 0.5) is 5.69 Å². The van der Waals surface area contributed by atoms with E-state index in [2.05, 4.69) is 110 Å². The zero-order valence-corrected chi connectivity index (χ0v) is 17.2. The lowest BCUT2D eigenvalue weighted by Gasteiger charge is -2.21. The minimum absolute atomic E-state index is 0.373. The molecule has 3 aromatic rings. The molecule has 0 aliphatic rings. The highest BCUT2D eigenvalue weighted by atomic mass is 14.9. The van der Waals surface area contributed by atoms with E-state index in [9.17, 15) is 0 Å². The van der Waals surface area contributed by atoms with Crippen LogP contribution >= 0.6 is 0 Å². The molecule has 0 saturated carbocycles. The van der Waals surface area contributed by atoms with Gasteiger partial charge in [0.15, 0.2) is 0 Å². The van der Waals surface area contributed by atoms with Gasteiger partial charge in [-0.1, -0.05) is 86.6 Å². The Morgan fingerprint density at radius 1 is 0.679 bits per heavy atom. The van der Waals surface area contributed by atoms with Gasteiger partial charge in [0.1, 0.15) is 0 Å². The second-order valence-electron chi connectivity index (χ2n) is 7.88. The van der Waals surface area contributed by atoms with Crippen molar-refractivity contribution in [3.8, 4) is 0 Å². The monoisotopic (exact) mass is 372 g/mol. The zero-order chi connectivity index (χ0) is 19.8. The van der Waals surface area contributed by atoms with Gasteiger partial charge in [-0.2, -0.15) is 0 Å². The quantitative estimate of drug-likeness (QED) is 0.491. The van der Waals surface area contributed by atoms with Crippen molar-refractivity contribution >= 4 is 5.69 Å². The van der Waals surface area contributed by atoms with Crippen LogP contribution in [0.3, 0.4) is 0 Å². The molecule has 2 nitrogen and oxygen atoms in total. The third kappa shape index (κ3) is 5.97. The maximum absolute atomic E-state index is 3.61. The Bertz CT molecular complexity index is 810. The summed E-state index contributed by atoms with van der Waals surface area (Å²) < 4.78 is 0. The van der Waals surface area contributed by atoms with E-state index >= 15 is 0 Å². The van der Waals surface area contributed by atoms with Crippen LogP contribution in [0.15, 0.2) is 84.9 Å². The Kier molecular flexibility index (Phi) is 7.27. The molecule has 2 atom stereocenters. The predicted octanol–water partition coefficient (Wildman–Crippen LogP) is 5.86. The molecule has 2 heteroatoms. The normalized spacial score (nSPS) is 13.3. The molecular formula is C26H32N2. The zero-order valence-electron chi connectivity index (χ0n) is 17.2. The van der Waals surface area contributed by atoms with Crippen LogP contribution in [0.25, 0.3) is 0 Å². The largest absolute Gasteiger partial charge is 0.382 e. The standard InChI is InChI=1S/C26H32N2/c1-20(2)27-19-26(23-10-6-4-7-11-23)24-16-14-22(15-17-24)18-21(3)28-25-12-8-5-9-13-25/h4-17,20-21,26-28H,18-19H2,1-3H3. The first kappa shape index (κ1) is 20.2. The summed E-state index contributed by atoms with van der Waals surface area (Å²) in [4.78, 5) is 0. The van der Waals surface area contributed by atoms with E-state index < -0.39 is 0 Å². The molecule has 0 heterocycles. The second kappa shape index (κ2) is 10.1. The van der Waals surface area contributed by atoms with Crippen LogP contribution in [0.5, 0.6) is 0 Å². The van der Waals surface area contributed by atoms with Gasteiger partial charge in [-0.15, -0.1) is 0 Å². The van der Waals surface area contributed by atoms with Crippen molar-refractivity contribution in [2.45, 2.75) is 45.2 Å². The fourth-order valence-corrected chi connectivity index (χ4v) is 3.58. The van der Waals surface area contributed by atoms with Crippen molar-refractivity contribution in [3.05, 3.63) is 102 Å². The number of para-hydroxylation sites is 1. The number of benzene rings is 3. The highest BCUT2D eigenvalue weighted by molar-refractivity contribution is 5.43. The number of anilines is 1. The Balaban J connectivity index is 1.68. The summed E-state index contributed by atoms with van der Waals surface area (Å²) in [6, 6.07) is 31.2. The van der Waals surface area contributed by atoms with Crippen LogP contribution < -0.4 is 10.6 Å². The molecule has 3 rings (SSSR count).